The Hall–Kier alpha value is -3.63. The summed E-state index contributed by atoms with van der Waals surface area (Å²) in [5.41, 5.74) is 3.36. The first kappa shape index (κ1) is 21.1. The Labute approximate surface area is 179 Å². The molecule has 1 aromatic heterocycles. The molecule has 2 aromatic carbocycles. The zero-order valence-corrected chi connectivity index (χ0v) is 17.5. The number of ether oxygens (including phenoxy) is 2. The number of nitrogens with one attached hydrogen (secondary N) is 1. The van der Waals surface area contributed by atoms with Gasteiger partial charge in [0.25, 0.3) is 0 Å². The van der Waals surface area contributed by atoms with Crippen LogP contribution in [0.1, 0.15) is 28.7 Å². The summed E-state index contributed by atoms with van der Waals surface area (Å²) >= 11 is 1.40. The van der Waals surface area contributed by atoms with Gasteiger partial charge in [0.2, 0.25) is 0 Å². The van der Waals surface area contributed by atoms with E-state index in [1.54, 1.807) is 37.6 Å². The van der Waals surface area contributed by atoms with Crippen molar-refractivity contribution in [1.82, 2.24) is 4.98 Å². The molecule has 7 heteroatoms. The first-order valence-electron chi connectivity index (χ1n) is 9.39. The third kappa shape index (κ3) is 5.25. The number of hydrogen-bond donors (Lipinski definition) is 1. The average Bonchev–Trinajstić information content (AvgIpc) is 3.28. The van der Waals surface area contributed by atoms with Crippen molar-refractivity contribution in [3.05, 3.63) is 70.7 Å². The van der Waals surface area contributed by atoms with Gasteiger partial charge in [-0.3, -0.25) is 0 Å². The van der Waals surface area contributed by atoms with Crippen LogP contribution in [0.2, 0.25) is 0 Å². The zero-order chi connectivity index (χ0) is 21.3. The quantitative estimate of drug-likeness (QED) is 0.391. The SMILES string of the molecule is CCCOC(=O)c1ccc(N/C=C(\C#N)c2nc(-c3cccc(OC)c3)cs2)cc1. The Morgan fingerprint density at radius 2 is 2.07 bits per heavy atom. The second-order valence-electron chi connectivity index (χ2n) is 6.30. The summed E-state index contributed by atoms with van der Waals surface area (Å²) in [5.74, 6) is 0.409. The van der Waals surface area contributed by atoms with Crippen LogP contribution >= 0.6 is 11.3 Å². The van der Waals surface area contributed by atoms with E-state index in [1.807, 2.05) is 36.6 Å². The van der Waals surface area contributed by atoms with Crippen LogP contribution in [0.25, 0.3) is 16.8 Å². The number of hydrogen-bond acceptors (Lipinski definition) is 7. The number of esters is 1. The number of nitrogens with zero attached hydrogens (tertiary/aromatic N) is 2. The van der Waals surface area contributed by atoms with Gasteiger partial charge in [0.1, 0.15) is 22.4 Å². The van der Waals surface area contributed by atoms with E-state index in [1.165, 1.54) is 11.3 Å². The fraction of sp³-hybridized carbons (Fsp3) is 0.174. The Kier molecular flexibility index (Phi) is 7.19. The molecule has 0 bridgehead atoms. The van der Waals surface area contributed by atoms with Gasteiger partial charge in [-0.1, -0.05) is 19.1 Å². The van der Waals surface area contributed by atoms with Gasteiger partial charge in [-0.25, -0.2) is 9.78 Å². The van der Waals surface area contributed by atoms with E-state index >= 15 is 0 Å². The molecule has 0 aliphatic rings. The fourth-order valence-corrected chi connectivity index (χ4v) is 3.39. The summed E-state index contributed by atoms with van der Waals surface area (Å²) in [6.07, 6.45) is 2.39. The smallest absolute Gasteiger partial charge is 0.338 e. The van der Waals surface area contributed by atoms with E-state index < -0.39 is 0 Å². The Morgan fingerprint density at radius 3 is 2.77 bits per heavy atom. The van der Waals surface area contributed by atoms with Crippen LogP contribution in [-0.4, -0.2) is 24.7 Å². The highest BCUT2D eigenvalue weighted by atomic mass is 32.1. The molecule has 6 nitrogen and oxygen atoms in total. The molecule has 0 amide bonds. The summed E-state index contributed by atoms with van der Waals surface area (Å²) in [6.45, 7) is 2.35. The molecule has 3 rings (SSSR count). The highest BCUT2D eigenvalue weighted by Gasteiger charge is 2.10. The van der Waals surface area contributed by atoms with Gasteiger partial charge in [-0.15, -0.1) is 11.3 Å². The van der Waals surface area contributed by atoms with E-state index in [9.17, 15) is 10.1 Å². The predicted molar refractivity (Wildman–Crippen MR) is 118 cm³/mol. The number of carbonyl (C=O) groups is 1. The molecule has 0 fully saturated rings. The van der Waals surface area contributed by atoms with E-state index in [2.05, 4.69) is 16.4 Å². The molecule has 0 spiro atoms. The van der Waals surface area contributed by atoms with Crippen LogP contribution < -0.4 is 10.1 Å². The monoisotopic (exact) mass is 419 g/mol. The van der Waals surface area contributed by atoms with Crippen LogP contribution in [0.4, 0.5) is 5.69 Å². The lowest BCUT2D eigenvalue weighted by atomic mass is 10.1. The molecular weight excluding hydrogens is 398 g/mol. The van der Waals surface area contributed by atoms with Crippen molar-refractivity contribution in [2.75, 3.05) is 19.0 Å². The molecule has 0 aliphatic heterocycles. The fourth-order valence-electron chi connectivity index (χ4n) is 2.59. The summed E-state index contributed by atoms with van der Waals surface area (Å²) < 4.78 is 10.4. The van der Waals surface area contributed by atoms with Crippen LogP contribution in [-0.2, 0) is 4.74 Å². The van der Waals surface area contributed by atoms with E-state index in [0.29, 0.717) is 22.8 Å². The summed E-state index contributed by atoms with van der Waals surface area (Å²) in [6, 6.07) is 16.7. The lowest BCUT2D eigenvalue weighted by Crippen LogP contribution is -2.05. The van der Waals surface area contributed by atoms with Gasteiger partial charge in [0.15, 0.2) is 0 Å². The van der Waals surface area contributed by atoms with Crippen molar-refractivity contribution in [2.45, 2.75) is 13.3 Å². The van der Waals surface area contributed by atoms with Gasteiger partial charge in [-0.05, 0) is 42.8 Å². The van der Waals surface area contributed by atoms with Crippen molar-refractivity contribution < 1.29 is 14.3 Å². The Bertz CT molecular complexity index is 1080. The van der Waals surface area contributed by atoms with Crippen molar-refractivity contribution in [1.29, 1.82) is 5.26 Å². The van der Waals surface area contributed by atoms with Crippen molar-refractivity contribution >= 4 is 28.6 Å². The van der Waals surface area contributed by atoms with E-state index in [4.69, 9.17) is 9.47 Å². The number of allylic oxidation sites excluding steroid dienone is 1. The highest BCUT2D eigenvalue weighted by Crippen LogP contribution is 2.28. The first-order chi connectivity index (χ1) is 14.6. The number of aromatic nitrogens is 1. The number of benzene rings is 2. The minimum absolute atomic E-state index is 0.343. The molecule has 0 unspecified atom stereocenters. The number of anilines is 1. The zero-order valence-electron chi connectivity index (χ0n) is 16.7. The third-order valence-corrected chi connectivity index (χ3v) is 5.04. The maximum atomic E-state index is 11.9. The third-order valence-electron chi connectivity index (χ3n) is 4.16. The molecule has 0 aliphatic carbocycles. The molecule has 30 heavy (non-hydrogen) atoms. The lowest BCUT2D eigenvalue weighted by molar-refractivity contribution is 0.0505. The van der Waals surface area contributed by atoms with Gasteiger partial charge >= 0.3 is 5.97 Å². The number of thiazole rings is 1. The normalized spacial score (nSPS) is 10.9. The average molecular weight is 420 g/mol. The molecule has 152 valence electrons. The molecule has 1 heterocycles. The van der Waals surface area contributed by atoms with Crippen LogP contribution in [0.15, 0.2) is 60.1 Å². The summed E-state index contributed by atoms with van der Waals surface area (Å²) in [4.78, 5) is 16.4. The molecule has 3 aromatic rings. The van der Waals surface area contributed by atoms with Gasteiger partial charge in [0, 0.05) is 22.8 Å². The first-order valence-corrected chi connectivity index (χ1v) is 10.3. The second-order valence-corrected chi connectivity index (χ2v) is 7.16. The molecule has 0 atom stereocenters. The Balaban J connectivity index is 1.71. The Morgan fingerprint density at radius 1 is 1.27 bits per heavy atom. The molecule has 1 N–H and O–H groups in total. The van der Waals surface area contributed by atoms with E-state index in [0.717, 1.165) is 29.1 Å². The number of rotatable bonds is 8. The topological polar surface area (TPSA) is 84.2 Å². The molecule has 0 saturated heterocycles. The number of nitriles is 1. The standard InChI is InChI=1S/C23H21N3O3S/c1-3-11-29-23(27)16-7-9-19(10-8-16)25-14-18(13-24)22-26-21(15-30-22)17-5-4-6-20(12-17)28-2/h4-10,12,14-15,25H,3,11H2,1-2H3/b18-14+. The van der Waals surface area contributed by atoms with Gasteiger partial charge in [0.05, 0.1) is 25.0 Å². The number of carbonyl (C=O) groups excluding carboxylic acids is 1. The van der Waals surface area contributed by atoms with E-state index in [-0.39, 0.29) is 5.97 Å². The van der Waals surface area contributed by atoms with Gasteiger partial charge < -0.3 is 14.8 Å². The predicted octanol–water partition coefficient (Wildman–Crippen LogP) is 5.36. The van der Waals surface area contributed by atoms with Gasteiger partial charge in [-0.2, -0.15) is 5.26 Å². The molecule has 0 radical (unpaired) electrons. The van der Waals surface area contributed by atoms with Crippen molar-refractivity contribution in [3.8, 4) is 23.1 Å². The maximum absolute atomic E-state index is 11.9. The van der Waals surface area contributed by atoms with Crippen LogP contribution in [0.3, 0.4) is 0 Å². The molecular formula is C23H21N3O3S. The molecule has 0 saturated carbocycles. The minimum atomic E-state index is -0.343. The lowest BCUT2D eigenvalue weighted by Gasteiger charge is -2.05. The van der Waals surface area contributed by atoms with Crippen molar-refractivity contribution in [3.63, 3.8) is 0 Å². The van der Waals surface area contributed by atoms with Crippen LogP contribution in [0, 0.1) is 11.3 Å². The highest BCUT2D eigenvalue weighted by molar-refractivity contribution is 7.11. The minimum Gasteiger partial charge on any atom is -0.497 e. The largest absolute Gasteiger partial charge is 0.497 e. The maximum Gasteiger partial charge on any atom is 0.338 e. The summed E-state index contributed by atoms with van der Waals surface area (Å²) in [7, 11) is 1.62. The summed E-state index contributed by atoms with van der Waals surface area (Å²) in [5, 5.41) is 15.1. The second kappa shape index (κ2) is 10.2. The van der Waals surface area contributed by atoms with Crippen molar-refractivity contribution in [2.24, 2.45) is 0 Å². The number of methoxy groups -OCH3 is 1. The van der Waals surface area contributed by atoms with Crippen LogP contribution in [0.5, 0.6) is 5.75 Å².